The average molecular weight is 328 g/mol. The molecule has 2 rings (SSSR count). The molecule has 1 heterocycles. The largest absolute Gasteiger partial charge is 0.493 e. The zero-order chi connectivity index (χ0) is 16.3. The number of aliphatic hydroxyl groups is 1. The molecule has 0 aromatic heterocycles. The Morgan fingerprint density at radius 3 is 2.68 bits per heavy atom. The highest BCUT2D eigenvalue weighted by Gasteiger charge is 2.36. The van der Waals surface area contributed by atoms with Crippen molar-refractivity contribution in [3.8, 4) is 11.5 Å². The minimum absolute atomic E-state index is 0.285. The summed E-state index contributed by atoms with van der Waals surface area (Å²) in [6, 6.07) is 3.69. The molecule has 0 radical (unpaired) electrons. The van der Waals surface area contributed by atoms with Gasteiger partial charge < -0.3 is 14.6 Å². The fourth-order valence-corrected chi connectivity index (χ4v) is 3.50. The van der Waals surface area contributed by atoms with Crippen LogP contribution < -0.4 is 9.47 Å². The number of rotatable bonds is 5. The molecule has 2 atom stereocenters. The van der Waals surface area contributed by atoms with E-state index >= 15 is 0 Å². The minimum atomic E-state index is -0.568. The van der Waals surface area contributed by atoms with Crippen LogP contribution in [0.3, 0.4) is 0 Å². The van der Waals surface area contributed by atoms with Gasteiger partial charge in [0.15, 0.2) is 11.5 Å². The van der Waals surface area contributed by atoms with Crippen molar-refractivity contribution in [2.45, 2.75) is 38.8 Å². The predicted octanol–water partition coefficient (Wildman–Crippen LogP) is 3.34. The van der Waals surface area contributed by atoms with Gasteiger partial charge in [-0.3, -0.25) is 4.90 Å². The maximum absolute atomic E-state index is 10.5. The summed E-state index contributed by atoms with van der Waals surface area (Å²) in [7, 11) is 3.26. The Morgan fingerprint density at radius 2 is 2.09 bits per heavy atom. The van der Waals surface area contributed by atoms with Crippen molar-refractivity contribution < 1.29 is 14.6 Å². The molecule has 1 N–H and O–H groups in total. The first-order valence-electron chi connectivity index (χ1n) is 7.76. The molecule has 124 valence electrons. The van der Waals surface area contributed by atoms with Crippen molar-refractivity contribution in [3.05, 3.63) is 22.7 Å². The number of likely N-dealkylation sites (tertiary alicyclic amines) is 1. The Bertz CT molecular complexity index is 519. The molecule has 1 aromatic rings. The minimum Gasteiger partial charge on any atom is -0.493 e. The van der Waals surface area contributed by atoms with Crippen LogP contribution in [0.25, 0.3) is 0 Å². The Labute approximate surface area is 138 Å². The summed E-state index contributed by atoms with van der Waals surface area (Å²) in [4.78, 5) is 2.35. The Hall–Kier alpha value is -0.970. The highest BCUT2D eigenvalue weighted by Crippen LogP contribution is 2.37. The fourth-order valence-electron chi connectivity index (χ4n) is 3.27. The number of methoxy groups -OCH3 is 2. The van der Waals surface area contributed by atoms with Crippen LogP contribution in [0, 0.1) is 5.92 Å². The second kappa shape index (κ2) is 7.07. The summed E-state index contributed by atoms with van der Waals surface area (Å²) >= 11 is 6.18. The van der Waals surface area contributed by atoms with Gasteiger partial charge in [0.2, 0.25) is 0 Å². The molecule has 1 saturated heterocycles. The maximum atomic E-state index is 10.5. The third-order valence-electron chi connectivity index (χ3n) is 4.70. The van der Waals surface area contributed by atoms with E-state index in [1.54, 1.807) is 20.3 Å². The Kier molecular flexibility index (Phi) is 5.59. The molecule has 1 aromatic carbocycles. The smallest absolute Gasteiger partial charge is 0.165 e. The van der Waals surface area contributed by atoms with Crippen LogP contribution in [0.1, 0.15) is 32.3 Å². The molecule has 0 aliphatic carbocycles. The van der Waals surface area contributed by atoms with Crippen LogP contribution in [-0.4, -0.2) is 42.9 Å². The van der Waals surface area contributed by atoms with E-state index in [2.05, 4.69) is 11.8 Å². The standard InChI is InChI=1S/C17H26ClNO3/c1-5-13-11-19(7-6-17(13,2)20)10-12-8-14(18)9-15(21-3)16(12)22-4/h8-9,13,20H,5-7,10-11H2,1-4H3/t13-,17+/m0/s1. The summed E-state index contributed by atoms with van der Waals surface area (Å²) in [5, 5.41) is 11.1. The second-order valence-electron chi connectivity index (χ2n) is 6.25. The molecular weight excluding hydrogens is 302 g/mol. The van der Waals surface area contributed by atoms with Crippen molar-refractivity contribution in [3.63, 3.8) is 0 Å². The molecule has 0 unspecified atom stereocenters. The lowest BCUT2D eigenvalue weighted by molar-refractivity contribution is -0.0609. The first-order valence-corrected chi connectivity index (χ1v) is 8.14. The molecule has 0 spiro atoms. The topological polar surface area (TPSA) is 41.9 Å². The zero-order valence-corrected chi connectivity index (χ0v) is 14.6. The van der Waals surface area contributed by atoms with Crippen LogP contribution >= 0.6 is 11.6 Å². The van der Waals surface area contributed by atoms with Gasteiger partial charge in [-0.2, -0.15) is 0 Å². The number of ether oxygens (including phenoxy) is 2. The van der Waals surface area contributed by atoms with Crippen LogP contribution in [0.2, 0.25) is 5.02 Å². The van der Waals surface area contributed by atoms with Gasteiger partial charge in [0.1, 0.15) is 0 Å². The number of piperidine rings is 1. The van der Waals surface area contributed by atoms with E-state index in [4.69, 9.17) is 21.1 Å². The Morgan fingerprint density at radius 1 is 1.36 bits per heavy atom. The number of hydrogen-bond donors (Lipinski definition) is 1. The van der Waals surface area contributed by atoms with Gasteiger partial charge in [-0.1, -0.05) is 18.5 Å². The number of hydrogen-bond acceptors (Lipinski definition) is 4. The third-order valence-corrected chi connectivity index (χ3v) is 4.92. The van der Waals surface area contributed by atoms with E-state index in [0.717, 1.165) is 43.8 Å². The lowest BCUT2D eigenvalue weighted by atomic mass is 9.81. The van der Waals surface area contributed by atoms with Crippen molar-refractivity contribution in [1.82, 2.24) is 4.90 Å². The van der Waals surface area contributed by atoms with Crippen molar-refractivity contribution in [1.29, 1.82) is 0 Å². The quantitative estimate of drug-likeness (QED) is 0.900. The Balaban J connectivity index is 2.19. The molecular formula is C17H26ClNO3. The zero-order valence-electron chi connectivity index (χ0n) is 13.9. The summed E-state index contributed by atoms with van der Waals surface area (Å²) in [5.74, 6) is 1.67. The molecule has 0 amide bonds. The lowest BCUT2D eigenvalue weighted by Crippen LogP contribution is -2.49. The van der Waals surface area contributed by atoms with Gasteiger partial charge in [-0.15, -0.1) is 0 Å². The van der Waals surface area contributed by atoms with Gasteiger partial charge in [0.05, 0.1) is 19.8 Å². The maximum Gasteiger partial charge on any atom is 0.165 e. The molecule has 4 nitrogen and oxygen atoms in total. The second-order valence-corrected chi connectivity index (χ2v) is 6.68. The molecule has 5 heteroatoms. The van der Waals surface area contributed by atoms with E-state index < -0.39 is 5.60 Å². The van der Waals surface area contributed by atoms with Crippen molar-refractivity contribution >= 4 is 11.6 Å². The van der Waals surface area contributed by atoms with Crippen LogP contribution in [0.5, 0.6) is 11.5 Å². The predicted molar refractivity (Wildman–Crippen MR) is 88.9 cm³/mol. The van der Waals surface area contributed by atoms with E-state index in [1.807, 2.05) is 13.0 Å². The molecule has 1 aliphatic rings. The van der Waals surface area contributed by atoms with Gasteiger partial charge >= 0.3 is 0 Å². The van der Waals surface area contributed by atoms with Gasteiger partial charge in [0.25, 0.3) is 0 Å². The highest BCUT2D eigenvalue weighted by molar-refractivity contribution is 6.30. The van der Waals surface area contributed by atoms with Crippen molar-refractivity contribution in [2.24, 2.45) is 5.92 Å². The molecule has 22 heavy (non-hydrogen) atoms. The van der Waals surface area contributed by atoms with E-state index in [0.29, 0.717) is 10.8 Å². The van der Waals surface area contributed by atoms with Crippen LogP contribution in [0.4, 0.5) is 0 Å². The van der Waals surface area contributed by atoms with Crippen LogP contribution in [-0.2, 0) is 6.54 Å². The highest BCUT2D eigenvalue weighted by atomic mass is 35.5. The molecule has 1 aliphatic heterocycles. The SMILES string of the molecule is CC[C@H]1CN(Cc2cc(Cl)cc(OC)c2OC)CC[C@@]1(C)O. The molecule has 0 saturated carbocycles. The summed E-state index contributed by atoms with van der Waals surface area (Å²) < 4.78 is 10.9. The first-order chi connectivity index (χ1) is 10.4. The van der Waals surface area contributed by atoms with Crippen LogP contribution in [0.15, 0.2) is 12.1 Å². The van der Waals surface area contributed by atoms with E-state index in [-0.39, 0.29) is 5.92 Å². The molecule has 0 bridgehead atoms. The monoisotopic (exact) mass is 327 g/mol. The normalized spacial score (nSPS) is 26.0. The molecule has 1 fully saturated rings. The van der Waals surface area contributed by atoms with Gasteiger partial charge in [-0.05, 0) is 31.7 Å². The fraction of sp³-hybridized carbons (Fsp3) is 0.647. The number of benzene rings is 1. The van der Waals surface area contributed by atoms with Gasteiger partial charge in [-0.25, -0.2) is 0 Å². The first kappa shape index (κ1) is 17.4. The van der Waals surface area contributed by atoms with Crippen molar-refractivity contribution in [2.75, 3.05) is 27.3 Å². The van der Waals surface area contributed by atoms with E-state index in [9.17, 15) is 5.11 Å². The summed E-state index contributed by atoms with van der Waals surface area (Å²) in [5.41, 5.74) is 0.449. The summed E-state index contributed by atoms with van der Waals surface area (Å²) in [6.07, 6.45) is 1.75. The number of nitrogens with zero attached hydrogens (tertiary/aromatic N) is 1. The van der Waals surface area contributed by atoms with Gasteiger partial charge in [0, 0.05) is 36.3 Å². The summed E-state index contributed by atoms with van der Waals surface area (Å²) in [6.45, 7) is 6.56. The average Bonchev–Trinajstić information content (AvgIpc) is 2.48. The third kappa shape index (κ3) is 3.67. The lowest BCUT2D eigenvalue weighted by Gasteiger charge is -2.42. The number of halogens is 1. The van der Waals surface area contributed by atoms with E-state index in [1.165, 1.54) is 0 Å².